The molecule has 132 valence electrons. The third-order valence-electron chi connectivity index (χ3n) is 4.82. The summed E-state index contributed by atoms with van der Waals surface area (Å²) in [5.41, 5.74) is 3.41. The summed E-state index contributed by atoms with van der Waals surface area (Å²) >= 11 is 0. The lowest BCUT2D eigenvalue weighted by molar-refractivity contribution is 0.0965. The molecule has 4 heteroatoms. The maximum absolute atomic E-state index is 6.38. The van der Waals surface area contributed by atoms with Crippen LogP contribution in [-0.4, -0.2) is 34.1 Å². The molecule has 1 aliphatic heterocycles. The van der Waals surface area contributed by atoms with Gasteiger partial charge in [0, 0.05) is 43.8 Å². The van der Waals surface area contributed by atoms with Crippen molar-refractivity contribution in [1.29, 1.82) is 0 Å². The van der Waals surface area contributed by atoms with Crippen molar-refractivity contribution in [2.24, 2.45) is 0 Å². The maximum Gasteiger partial charge on any atom is 0.127 e. The smallest absolute Gasteiger partial charge is 0.127 e. The minimum Gasteiger partial charge on any atom is -0.490 e. The Kier molecular flexibility index (Phi) is 5.22. The molecule has 0 saturated carbocycles. The molecule has 1 saturated heterocycles. The number of ether oxygens (including phenoxy) is 1. The van der Waals surface area contributed by atoms with E-state index in [4.69, 9.17) is 4.74 Å². The number of hydrogen-bond acceptors (Lipinski definition) is 4. The van der Waals surface area contributed by atoms with Gasteiger partial charge in [-0.1, -0.05) is 24.3 Å². The van der Waals surface area contributed by atoms with Gasteiger partial charge in [0.15, 0.2) is 0 Å². The van der Waals surface area contributed by atoms with Crippen LogP contribution < -0.4 is 4.74 Å². The molecule has 0 radical (unpaired) electrons. The number of piperidine rings is 1. The summed E-state index contributed by atoms with van der Waals surface area (Å²) in [5.74, 6) is 0.960. The first-order valence-electron chi connectivity index (χ1n) is 9.17. The number of hydrogen-bond donors (Lipinski definition) is 0. The largest absolute Gasteiger partial charge is 0.490 e. The number of nitrogens with zero attached hydrogens (tertiary/aromatic N) is 3. The van der Waals surface area contributed by atoms with Gasteiger partial charge in [0.05, 0.1) is 5.69 Å². The fourth-order valence-electron chi connectivity index (χ4n) is 3.42. The van der Waals surface area contributed by atoms with Gasteiger partial charge >= 0.3 is 0 Å². The molecule has 0 bridgehead atoms. The van der Waals surface area contributed by atoms with E-state index in [-0.39, 0.29) is 6.10 Å². The molecule has 0 amide bonds. The molecule has 4 rings (SSSR count). The molecule has 0 aliphatic carbocycles. The summed E-state index contributed by atoms with van der Waals surface area (Å²) in [4.78, 5) is 11.0. The highest BCUT2D eigenvalue weighted by Gasteiger charge is 2.21. The van der Waals surface area contributed by atoms with E-state index in [9.17, 15) is 0 Å². The van der Waals surface area contributed by atoms with Crippen LogP contribution in [0.15, 0.2) is 73.2 Å². The molecule has 0 unspecified atom stereocenters. The van der Waals surface area contributed by atoms with E-state index >= 15 is 0 Å². The van der Waals surface area contributed by atoms with Gasteiger partial charge in [-0.2, -0.15) is 0 Å². The number of likely N-dealkylation sites (tertiary alicyclic amines) is 1. The third-order valence-corrected chi connectivity index (χ3v) is 4.82. The van der Waals surface area contributed by atoms with E-state index in [1.807, 2.05) is 48.9 Å². The predicted molar refractivity (Wildman–Crippen MR) is 103 cm³/mol. The second-order valence-electron chi connectivity index (χ2n) is 6.65. The van der Waals surface area contributed by atoms with E-state index in [0.29, 0.717) is 0 Å². The van der Waals surface area contributed by atoms with Crippen molar-refractivity contribution in [3.05, 3.63) is 78.9 Å². The van der Waals surface area contributed by atoms with Crippen LogP contribution in [0.4, 0.5) is 0 Å². The van der Waals surface area contributed by atoms with Crippen molar-refractivity contribution < 1.29 is 4.74 Å². The Balaban J connectivity index is 1.38. The van der Waals surface area contributed by atoms with Gasteiger partial charge in [-0.15, -0.1) is 0 Å². The van der Waals surface area contributed by atoms with Crippen molar-refractivity contribution in [2.45, 2.75) is 25.5 Å². The molecule has 0 spiro atoms. The Labute approximate surface area is 154 Å². The zero-order valence-electron chi connectivity index (χ0n) is 14.8. The zero-order chi connectivity index (χ0) is 17.6. The fourth-order valence-corrected chi connectivity index (χ4v) is 3.42. The molecule has 1 fully saturated rings. The molecular formula is C22H23N3O. The first-order valence-corrected chi connectivity index (χ1v) is 9.17. The minimum atomic E-state index is 0.262. The van der Waals surface area contributed by atoms with Crippen LogP contribution in [0, 0.1) is 0 Å². The lowest BCUT2D eigenvalue weighted by Gasteiger charge is -2.32. The minimum absolute atomic E-state index is 0.262. The Hall–Kier alpha value is -2.72. The molecule has 1 aliphatic rings. The Bertz CT molecular complexity index is 815. The molecule has 0 atom stereocenters. The second kappa shape index (κ2) is 8.11. The number of para-hydroxylation sites is 1. The van der Waals surface area contributed by atoms with E-state index in [0.717, 1.165) is 55.0 Å². The number of pyridine rings is 2. The van der Waals surface area contributed by atoms with Crippen molar-refractivity contribution in [3.63, 3.8) is 0 Å². The van der Waals surface area contributed by atoms with Gasteiger partial charge in [-0.25, -0.2) is 0 Å². The lowest BCUT2D eigenvalue weighted by Crippen LogP contribution is -2.38. The molecular weight excluding hydrogens is 322 g/mol. The number of benzene rings is 1. The van der Waals surface area contributed by atoms with Crippen LogP contribution in [0.1, 0.15) is 18.5 Å². The van der Waals surface area contributed by atoms with Crippen LogP contribution in [0.25, 0.3) is 11.1 Å². The zero-order valence-corrected chi connectivity index (χ0v) is 14.8. The van der Waals surface area contributed by atoms with Crippen molar-refractivity contribution in [2.75, 3.05) is 13.1 Å². The topological polar surface area (TPSA) is 38.2 Å². The molecule has 26 heavy (non-hydrogen) atoms. The van der Waals surface area contributed by atoms with Gasteiger partial charge in [-0.05, 0) is 48.7 Å². The Morgan fingerprint density at radius 1 is 0.885 bits per heavy atom. The third kappa shape index (κ3) is 4.09. The van der Waals surface area contributed by atoms with Gasteiger partial charge in [-0.3, -0.25) is 14.9 Å². The van der Waals surface area contributed by atoms with Crippen LogP contribution in [0.2, 0.25) is 0 Å². The van der Waals surface area contributed by atoms with E-state index in [1.54, 1.807) is 0 Å². The average molecular weight is 345 g/mol. The van der Waals surface area contributed by atoms with Crippen molar-refractivity contribution in [1.82, 2.24) is 14.9 Å². The average Bonchev–Trinajstić information content (AvgIpc) is 2.71. The first-order chi connectivity index (χ1) is 12.9. The van der Waals surface area contributed by atoms with Gasteiger partial charge < -0.3 is 4.74 Å². The summed E-state index contributed by atoms with van der Waals surface area (Å²) in [5, 5.41) is 0. The van der Waals surface area contributed by atoms with E-state index in [1.165, 1.54) is 0 Å². The predicted octanol–water partition coefficient (Wildman–Crippen LogP) is 4.19. The summed E-state index contributed by atoms with van der Waals surface area (Å²) in [6.45, 7) is 3.00. The van der Waals surface area contributed by atoms with Crippen molar-refractivity contribution >= 4 is 0 Å². The Morgan fingerprint density at radius 2 is 1.65 bits per heavy atom. The molecule has 3 heterocycles. The highest BCUT2D eigenvalue weighted by molar-refractivity contribution is 5.69. The first kappa shape index (κ1) is 16.7. The summed E-state index contributed by atoms with van der Waals surface area (Å²) in [6.07, 6.45) is 7.85. The SMILES string of the molecule is c1ccc(CN2CCC(Oc3ccccc3-c3ccncc3)CC2)nc1. The van der Waals surface area contributed by atoms with E-state index < -0.39 is 0 Å². The van der Waals surface area contributed by atoms with Crippen LogP contribution in [0.3, 0.4) is 0 Å². The quantitative estimate of drug-likeness (QED) is 0.695. The standard InChI is InChI=1S/C22H23N3O/c1-2-7-22(21(6-1)18-8-13-23-14-9-18)26-20-10-15-25(16-11-20)17-19-5-3-4-12-24-19/h1-9,12-14,20H,10-11,15-17H2. The maximum atomic E-state index is 6.38. The van der Waals surface area contributed by atoms with Crippen LogP contribution >= 0.6 is 0 Å². The highest BCUT2D eigenvalue weighted by atomic mass is 16.5. The van der Waals surface area contributed by atoms with Gasteiger partial charge in [0.25, 0.3) is 0 Å². The van der Waals surface area contributed by atoms with Gasteiger partial charge in [0.2, 0.25) is 0 Å². The highest BCUT2D eigenvalue weighted by Crippen LogP contribution is 2.31. The van der Waals surface area contributed by atoms with Crippen molar-refractivity contribution in [3.8, 4) is 16.9 Å². The lowest BCUT2D eigenvalue weighted by atomic mass is 10.0. The molecule has 1 aromatic carbocycles. The monoisotopic (exact) mass is 345 g/mol. The number of rotatable bonds is 5. The van der Waals surface area contributed by atoms with Crippen LogP contribution in [0.5, 0.6) is 5.75 Å². The van der Waals surface area contributed by atoms with E-state index in [2.05, 4.69) is 39.1 Å². The second-order valence-corrected chi connectivity index (χ2v) is 6.65. The van der Waals surface area contributed by atoms with Crippen LogP contribution in [-0.2, 0) is 6.54 Å². The Morgan fingerprint density at radius 3 is 2.42 bits per heavy atom. The molecule has 0 N–H and O–H groups in total. The molecule has 4 nitrogen and oxygen atoms in total. The summed E-state index contributed by atoms with van der Waals surface area (Å²) < 4.78 is 6.38. The van der Waals surface area contributed by atoms with Gasteiger partial charge in [0.1, 0.15) is 11.9 Å². The molecule has 3 aromatic rings. The summed E-state index contributed by atoms with van der Waals surface area (Å²) in [7, 11) is 0. The fraction of sp³-hybridized carbons (Fsp3) is 0.273. The number of aromatic nitrogens is 2. The molecule has 2 aromatic heterocycles. The normalized spacial score (nSPS) is 15.7. The summed E-state index contributed by atoms with van der Waals surface area (Å²) in [6, 6.07) is 18.4.